The summed E-state index contributed by atoms with van der Waals surface area (Å²) in [5.74, 6) is 0.854. The van der Waals surface area contributed by atoms with Crippen molar-refractivity contribution in [3.05, 3.63) is 54.9 Å². The number of ether oxygens (including phenoxy) is 3. The lowest BCUT2D eigenvalue weighted by Gasteiger charge is -2.27. The van der Waals surface area contributed by atoms with Crippen molar-refractivity contribution in [3.8, 4) is 22.6 Å². The molecule has 1 aliphatic heterocycles. The number of pyridine rings is 1. The van der Waals surface area contributed by atoms with Crippen LogP contribution in [0.15, 0.2) is 54.9 Å². The van der Waals surface area contributed by atoms with Gasteiger partial charge in [-0.25, -0.2) is 14.8 Å². The first kappa shape index (κ1) is 28.0. The first-order chi connectivity index (χ1) is 18.7. The second-order valence-corrected chi connectivity index (χ2v) is 10.2. The number of amides is 1. The monoisotopic (exact) mass is 533 g/mol. The van der Waals surface area contributed by atoms with Gasteiger partial charge in [0.2, 0.25) is 0 Å². The van der Waals surface area contributed by atoms with Gasteiger partial charge in [0.05, 0.1) is 18.4 Å². The molecule has 3 heterocycles. The van der Waals surface area contributed by atoms with Gasteiger partial charge in [-0.05, 0) is 58.4 Å². The fourth-order valence-electron chi connectivity index (χ4n) is 4.22. The Morgan fingerprint density at radius 2 is 1.87 bits per heavy atom. The van der Waals surface area contributed by atoms with Gasteiger partial charge in [0.1, 0.15) is 18.0 Å². The van der Waals surface area contributed by atoms with Gasteiger partial charge in [0.25, 0.3) is 0 Å². The van der Waals surface area contributed by atoms with Crippen LogP contribution in [0.1, 0.15) is 34.1 Å². The van der Waals surface area contributed by atoms with Crippen LogP contribution in [0, 0.1) is 0 Å². The summed E-state index contributed by atoms with van der Waals surface area (Å²) in [5.41, 5.74) is 2.15. The molecule has 39 heavy (non-hydrogen) atoms. The van der Waals surface area contributed by atoms with Gasteiger partial charge >= 0.3 is 12.1 Å². The minimum absolute atomic E-state index is 0.155. The number of carbonyl (C=O) groups excluding carboxylic acids is 2. The molecule has 0 spiro atoms. The van der Waals surface area contributed by atoms with Gasteiger partial charge in [-0.1, -0.05) is 12.1 Å². The van der Waals surface area contributed by atoms with Crippen LogP contribution in [-0.2, 0) is 19.0 Å². The summed E-state index contributed by atoms with van der Waals surface area (Å²) in [4.78, 5) is 42.6. The fourth-order valence-corrected chi connectivity index (χ4v) is 4.22. The van der Waals surface area contributed by atoms with Crippen molar-refractivity contribution < 1.29 is 23.8 Å². The van der Waals surface area contributed by atoms with Gasteiger partial charge in [0, 0.05) is 55.5 Å². The van der Waals surface area contributed by atoms with Gasteiger partial charge in [-0.2, -0.15) is 0 Å². The van der Waals surface area contributed by atoms with Crippen LogP contribution in [0.2, 0.25) is 0 Å². The normalized spacial score (nSPS) is 15.2. The van der Waals surface area contributed by atoms with Crippen LogP contribution >= 0.6 is 0 Å². The quantitative estimate of drug-likeness (QED) is 0.380. The molecule has 3 aromatic rings. The van der Waals surface area contributed by atoms with Gasteiger partial charge in [0.15, 0.2) is 5.82 Å². The lowest BCUT2D eigenvalue weighted by Crippen LogP contribution is -2.40. The molecular weight excluding hydrogens is 498 g/mol. The van der Waals surface area contributed by atoms with E-state index in [4.69, 9.17) is 24.2 Å². The molecule has 0 saturated carbocycles. The lowest BCUT2D eigenvalue weighted by molar-refractivity contribution is -0.141. The summed E-state index contributed by atoms with van der Waals surface area (Å²) in [6.07, 6.45) is 3.90. The second-order valence-electron chi connectivity index (χ2n) is 10.2. The van der Waals surface area contributed by atoms with Crippen molar-refractivity contribution >= 4 is 23.6 Å². The van der Waals surface area contributed by atoms with E-state index in [9.17, 15) is 9.59 Å². The zero-order valence-electron chi connectivity index (χ0n) is 23.1. The number of rotatable bonds is 8. The Morgan fingerprint density at radius 3 is 2.49 bits per heavy atom. The highest BCUT2D eigenvalue weighted by Gasteiger charge is 2.27. The summed E-state index contributed by atoms with van der Waals surface area (Å²) < 4.78 is 16.2. The molecule has 0 bridgehead atoms. The molecule has 1 aromatic carbocycles. The topological polar surface area (TPSA) is 107 Å². The summed E-state index contributed by atoms with van der Waals surface area (Å²) in [6.45, 7) is 8.58. The number of anilines is 2. The zero-order valence-corrected chi connectivity index (χ0v) is 23.1. The van der Waals surface area contributed by atoms with E-state index < -0.39 is 17.7 Å². The van der Waals surface area contributed by atoms with Crippen molar-refractivity contribution in [2.24, 2.45) is 0 Å². The Balaban J connectivity index is 1.68. The molecule has 1 aliphatic rings. The van der Waals surface area contributed by atoms with Crippen molar-refractivity contribution in [3.63, 3.8) is 0 Å². The summed E-state index contributed by atoms with van der Waals surface area (Å²) in [7, 11) is 1.73. The maximum atomic E-state index is 13.0. The second kappa shape index (κ2) is 12.2. The first-order valence-electron chi connectivity index (χ1n) is 13.0. The molecule has 10 nitrogen and oxygen atoms in total. The number of methoxy groups -OCH3 is 1. The van der Waals surface area contributed by atoms with E-state index >= 15 is 0 Å². The van der Waals surface area contributed by atoms with Gasteiger partial charge in [-0.15, -0.1) is 0 Å². The molecule has 2 aromatic heterocycles. The van der Waals surface area contributed by atoms with Crippen LogP contribution in [0.5, 0.6) is 0 Å². The van der Waals surface area contributed by atoms with Gasteiger partial charge < -0.3 is 19.1 Å². The van der Waals surface area contributed by atoms with Crippen molar-refractivity contribution in [2.75, 3.05) is 43.2 Å². The van der Waals surface area contributed by atoms with E-state index in [-0.39, 0.29) is 19.3 Å². The third kappa shape index (κ3) is 7.29. The number of esters is 1. The van der Waals surface area contributed by atoms with E-state index in [1.807, 2.05) is 30.3 Å². The molecule has 0 aliphatic carbocycles. The average molecular weight is 534 g/mol. The largest absolute Gasteiger partial charge is 0.465 e. The van der Waals surface area contributed by atoms with Crippen LogP contribution in [0.4, 0.5) is 16.3 Å². The van der Waals surface area contributed by atoms with E-state index in [1.165, 1.54) is 4.90 Å². The van der Waals surface area contributed by atoms with E-state index in [0.717, 1.165) is 42.1 Å². The Bertz CT molecular complexity index is 1280. The minimum atomic E-state index is -0.721. The number of hydrogen-bond acceptors (Lipinski definition) is 9. The highest BCUT2D eigenvalue weighted by atomic mass is 16.6. The highest BCUT2D eigenvalue weighted by molar-refractivity contribution is 5.94. The number of hydrogen-bond donors (Lipinski definition) is 0. The fraction of sp³-hybridized carbons (Fsp3) is 0.414. The summed E-state index contributed by atoms with van der Waals surface area (Å²) in [6, 6.07) is 13.0. The molecule has 1 atom stereocenters. The molecule has 0 unspecified atom stereocenters. The van der Waals surface area contributed by atoms with E-state index in [2.05, 4.69) is 9.88 Å². The maximum absolute atomic E-state index is 13.0. The van der Waals surface area contributed by atoms with Crippen molar-refractivity contribution in [1.29, 1.82) is 0 Å². The lowest BCUT2D eigenvalue weighted by atomic mass is 10.1. The first-order valence-corrected chi connectivity index (χ1v) is 13.0. The molecule has 1 saturated heterocycles. The van der Waals surface area contributed by atoms with Gasteiger partial charge in [-0.3, -0.25) is 14.7 Å². The average Bonchev–Trinajstić information content (AvgIpc) is 3.41. The predicted octanol–water partition coefficient (Wildman–Crippen LogP) is 4.74. The van der Waals surface area contributed by atoms with Crippen LogP contribution in [-0.4, -0.2) is 72.1 Å². The molecule has 1 fully saturated rings. The molecule has 0 radical (unpaired) electrons. The Kier molecular flexibility index (Phi) is 8.75. The number of carbonyl (C=O) groups is 2. The third-order valence-corrected chi connectivity index (χ3v) is 6.12. The van der Waals surface area contributed by atoms with Crippen LogP contribution in [0.3, 0.4) is 0 Å². The standard InChI is InChI=1S/C29H35N5O5/c1-6-38-26(35)19-34(28(36)39-29(2,3)4)22-11-9-20(10-12-22)24-16-25(33-15-13-23(18-33)37-5)32-27(31-24)21-8-7-14-30-17-21/h7-12,14,16-17,23H,6,13,15,18-19H2,1-5H3/t23-/m0/s1. The molecule has 10 heteroatoms. The third-order valence-electron chi connectivity index (χ3n) is 6.12. The molecule has 0 N–H and O–H groups in total. The minimum Gasteiger partial charge on any atom is -0.465 e. The molecule has 206 valence electrons. The van der Waals surface area contributed by atoms with Crippen molar-refractivity contribution in [2.45, 2.75) is 45.8 Å². The number of benzene rings is 1. The Hall–Kier alpha value is -4.05. The van der Waals surface area contributed by atoms with Crippen LogP contribution < -0.4 is 9.80 Å². The number of nitrogens with zero attached hydrogens (tertiary/aromatic N) is 5. The summed E-state index contributed by atoms with van der Waals surface area (Å²) >= 11 is 0. The Labute approximate surface area is 228 Å². The smallest absolute Gasteiger partial charge is 0.415 e. The Morgan fingerprint density at radius 1 is 1.10 bits per heavy atom. The summed E-state index contributed by atoms with van der Waals surface area (Å²) in [5, 5.41) is 0. The predicted molar refractivity (Wildman–Crippen MR) is 149 cm³/mol. The molecule has 1 amide bonds. The SMILES string of the molecule is CCOC(=O)CN(C(=O)OC(C)(C)C)c1ccc(-c2cc(N3CC[C@H](OC)C3)nc(-c3cccnc3)n2)cc1. The highest BCUT2D eigenvalue weighted by Crippen LogP contribution is 2.30. The molecule has 4 rings (SSSR count). The van der Waals surface area contributed by atoms with Crippen molar-refractivity contribution in [1.82, 2.24) is 15.0 Å². The zero-order chi connectivity index (χ0) is 28.0. The van der Waals surface area contributed by atoms with E-state index in [1.54, 1.807) is 59.3 Å². The van der Waals surface area contributed by atoms with Crippen LogP contribution in [0.25, 0.3) is 22.6 Å². The molecular formula is C29H35N5O5. The maximum Gasteiger partial charge on any atom is 0.415 e. The van der Waals surface area contributed by atoms with E-state index in [0.29, 0.717) is 11.5 Å². The number of aromatic nitrogens is 3.